The molecule has 1 aliphatic rings. The summed E-state index contributed by atoms with van der Waals surface area (Å²) in [5.74, 6) is 1.60. The van der Waals surface area contributed by atoms with Gasteiger partial charge in [0.15, 0.2) is 0 Å². The van der Waals surface area contributed by atoms with Gasteiger partial charge in [0, 0.05) is 6.54 Å². The maximum Gasteiger partial charge on any atom is 0.229 e. The predicted molar refractivity (Wildman–Crippen MR) is 65.6 cm³/mol. The molecule has 1 saturated carbocycles. The van der Waals surface area contributed by atoms with Crippen LogP contribution in [-0.2, 0) is 0 Å². The highest BCUT2D eigenvalue weighted by molar-refractivity contribution is 5.34. The molecule has 0 aliphatic heterocycles. The van der Waals surface area contributed by atoms with Crippen LogP contribution in [0.3, 0.4) is 0 Å². The molecular formula is C12H19N3O2. The van der Waals surface area contributed by atoms with E-state index in [0.29, 0.717) is 23.1 Å². The SMILES string of the molecule is CCC1(CNc2nc(OC)cc(OC)n2)CC1. The maximum atomic E-state index is 5.10. The van der Waals surface area contributed by atoms with Crippen LogP contribution in [0.5, 0.6) is 11.8 Å². The van der Waals surface area contributed by atoms with Crippen LogP contribution >= 0.6 is 0 Å². The number of methoxy groups -OCH3 is 2. The summed E-state index contributed by atoms with van der Waals surface area (Å²) >= 11 is 0. The lowest BCUT2D eigenvalue weighted by molar-refractivity contribution is 0.372. The number of hydrogen-bond acceptors (Lipinski definition) is 5. The van der Waals surface area contributed by atoms with Gasteiger partial charge in [0.2, 0.25) is 17.7 Å². The Bertz CT molecular complexity index is 369. The zero-order chi connectivity index (χ0) is 12.3. The summed E-state index contributed by atoms with van der Waals surface area (Å²) in [6, 6.07) is 1.66. The first kappa shape index (κ1) is 12.0. The Hall–Kier alpha value is -1.52. The second kappa shape index (κ2) is 4.77. The van der Waals surface area contributed by atoms with E-state index in [1.165, 1.54) is 19.3 Å². The van der Waals surface area contributed by atoms with Crippen molar-refractivity contribution < 1.29 is 9.47 Å². The molecule has 1 aliphatic carbocycles. The highest BCUT2D eigenvalue weighted by Crippen LogP contribution is 2.48. The van der Waals surface area contributed by atoms with Crippen LogP contribution in [0.15, 0.2) is 6.07 Å². The summed E-state index contributed by atoms with van der Waals surface area (Å²) in [4.78, 5) is 8.48. The van der Waals surface area contributed by atoms with Gasteiger partial charge in [-0.1, -0.05) is 6.92 Å². The molecule has 0 aromatic carbocycles. The van der Waals surface area contributed by atoms with Gasteiger partial charge in [-0.05, 0) is 24.7 Å². The number of anilines is 1. The van der Waals surface area contributed by atoms with Crippen LogP contribution in [0, 0.1) is 5.41 Å². The molecule has 0 bridgehead atoms. The zero-order valence-corrected chi connectivity index (χ0v) is 10.6. The minimum Gasteiger partial charge on any atom is -0.481 e. The van der Waals surface area contributed by atoms with Crippen LogP contribution in [0.25, 0.3) is 0 Å². The van der Waals surface area contributed by atoms with Crippen molar-refractivity contribution in [2.24, 2.45) is 5.41 Å². The van der Waals surface area contributed by atoms with Crippen molar-refractivity contribution in [3.05, 3.63) is 6.07 Å². The highest BCUT2D eigenvalue weighted by Gasteiger charge is 2.40. The van der Waals surface area contributed by atoms with E-state index in [2.05, 4.69) is 22.2 Å². The minimum absolute atomic E-state index is 0.458. The van der Waals surface area contributed by atoms with E-state index in [1.807, 2.05) is 0 Å². The fourth-order valence-corrected chi connectivity index (χ4v) is 1.79. The van der Waals surface area contributed by atoms with Gasteiger partial charge < -0.3 is 14.8 Å². The first-order valence-corrected chi connectivity index (χ1v) is 5.92. The van der Waals surface area contributed by atoms with Gasteiger partial charge in [-0.2, -0.15) is 9.97 Å². The lowest BCUT2D eigenvalue weighted by atomic mass is 10.0. The third-order valence-corrected chi connectivity index (χ3v) is 3.43. The summed E-state index contributed by atoms with van der Waals surface area (Å²) in [6.07, 6.45) is 3.77. The van der Waals surface area contributed by atoms with Crippen LogP contribution in [0.4, 0.5) is 5.95 Å². The lowest BCUT2D eigenvalue weighted by Gasteiger charge is -2.14. The molecule has 5 nitrogen and oxygen atoms in total. The third-order valence-electron chi connectivity index (χ3n) is 3.43. The van der Waals surface area contributed by atoms with Gasteiger partial charge in [-0.25, -0.2) is 0 Å². The lowest BCUT2D eigenvalue weighted by Crippen LogP contribution is -2.16. The van der Waals surface area contributed by atoms with Crippen molar-refractivity contribution >= 4 is 5.95 Å². The van der Waals surface area contributed by atoms with E-state index in [9.17, 15) is 0 Å². The monoisotopic (exact) mass is 237 g/mol. The molecule has 0 spiro atoms. The molecule has 0 atom stereocenters. The quantitative estimate of drug-likeness (QED) is 0.821. The molecule has 1 aromatic rings. The average molecular weight is 237 g/mol. The van der Waals surface area contributed by atoms with Gasteiger partial charge in [-0.15, -0.1) is 0 Å². The second-order valence-corrected chi connectivity index (χ2v) is 4.48. The number of rotatable bonds is 6. The zero-order valence-electron chi connectivity index (χ0n) is 10.6. The van der Waals surface area contributed by atoms with E-state index in [-0.39, 0.29) is 0 Å². The maximum absolute atomic E-state index is 5.10. The first-order chi connectivity index (χ1) is 8.21. The summed E-state index contributed by atoms with van der Waals surface area (Å²) < 4.78 is 10.2. The molecule has 1 aromatic heterocycles. The topological polar surface area (TPSA) is 56.3 Å². The number of ether oxygens (including phenoxy) is 2. The van der Waals surface area contributed by atoms with Crippen LogP contribution in [0.1, 0.15) is 26.2 Å². The Kier molecular flexibility index (Phi) is 3.36. The standard InChI is InChI=1S/C12H19N3O2/c1-4-12(5-6-12)8-13-11-14-9(16-2)7-10(15-11)17-3/h7H,4-6,8H2,1-3H3,(H,13,14,15). The fourth-order valence-electron chi connectivity index (χ4n) is 1.79. The van der Waals surface area contributed by atoms with Crippen molar-refractivity contribution in [3.8, 4) is 11.8 Å². The summed E-state index contributed by atoms with van der Waals surface area (Å²) in [5, 5.41) is 3.27. The summed E-state index contributed by atoms with van der Waals surface area (Å²) in [6.45, 7) is 3.14. The molecular weight excluding hydrogens is 218 g/mol. The molecule has 2 rings (SSSR count). The van der Waals surface area contributed by atoms with Crippen molar-refractivity contribution in [1.29, 1.82) is 0 Å². The Labute approximate surface area is 102 Å². The van der Waals surface area contributed by atoms with Crippen molar-refractivity contribution in [2.45, 2.75) is 26.2 Å². The first-order valence-electron chi connectivity index (χ1n) is 5.92. The van der Waals surface area contributed by atoms with E-state index in [0.717, 1.165) is 6.54 Å². The molecule has 0 amide bonds. The van der Waals surface area contributed by atoms with Gasteiger partial charge in [0.05, 0.1) is 20.3 Å². The van der Waals surface area contributed by atoms with Crippen molar-refractivity contribution in [1.82, 2.24) is 9.97 Å². The van der Waals surface area contributed by atoms with Gasteiger partial charge in [0.25, 0.3) is 0 Å². The van der Waals surface area contributed by atoms with Gasteiger partial charge in [-0.3, -0.25) is 0 Å². The highest BCUT2D eigenvalue weighted by atomic mass is 16.5. The van der Waals surface area contributed by atoms with E-state index in [4.69, 9.17) is 9.47 Å². The Morgan fingerprint density at radius 1 is 1.24 bits per heavy atom. The molecule has 17 heavy (non-hydrogen) atoms. The van der Waals surface area contributed by atoms with Crippen molar-refractivity contribution in [3.63, 3.8) is 0 Å². The second-order valence-electron chi connectivity index (χ2n) is 4.48. The average Bonchev–Trinajstić information content (AvgIpc) is 3.16. The summed E-state index contributed by atoms with van der Waals surface area (Å²) in [5.41, 5.74) is 0.458. The largest absolute Gasteiger partial charge is 0.481 e. The van der Waals surface area contributed by atoms with E-state index < -0.39 is 0 Å². The Morgan fingerprint density at radius 2 is 1.82 bits per heavy atom. The fraction of sp³-hybridized carbons (Fsp3) is 0.667. The molecule has 1 heterocycles. The molecule has 94 valence electrons. The normalized spacial score (nSPS) is 16.4. The van der Waals surface area contributed by atoms with Crippen LogP contribution in [0.2, 0.25) is 0 Å². The van der Waals surface area contributed by atoms with Crippen molar-refractivity contribution in [2.75, 3.05) is 26.1 Å². The summed E-state index contributed by atoms with van der Waals surface area (Å²) in [7, 11) is 3.17. The molecule has 1 fully saturated rings. The van der Waals surface area contributed by atoms with Crippen LogP contribution in [-0.4, -0.2) is 30.7 Å². The van der Waals surface area contributed by atoms with E-state index in [1.54, 1.807) is 20.3 Å². The third kappa shape index (κ3) is 2.78. The minimum atomic E-state index is 0.458. The molecule has 0 unspecified atom stereocenters. The molecule has 1 N–H and O–H groups in total. The Balaban J connectivity index is 2.04. The number of hydrogen-bond donors (Lipinski definition) is 1. The number of nitrogens with one attached hydrogen (secondary N) is 1. The number of aromatic nitrogens is 2. The van der Waals surface area contributed by atoms with Gasteiger partial charge in [0.1, 0.15) is 0 Å². The number of nitrogens with zero attached hydrogens (tertiary/aromatic N) is 2. The Morgan fingerprint density at radius 3 is 2.24 bits per heavy atom. The van der Waals surface area contributed by atoms with E-state index >= 15 is 0 Å². The molecule has 0 saturated heterocycles. The molecule has 0 radical (unpaired) electrons. The van der Waals surface area contributed by atoms with Crippen LogP contribution < -0.4 is 14.8 Å². The smallest absolute Gasteiger partial charge is 0.229 e. The molecule has 5 heteroatoms. The predicted octanol–water partition coefficient (Wildman–Crippen LogP) is 2.10. The van der Waals surface area contributed by atoms with Gasteiger partial charge >= 0.3 is 0 Å².